The van der Waals surface area contributed by atoms with Crippen LogP contribution in [0.2, 0.25) is 5.02 Å². The van der Waals surface area contributed by atoms with Crippen LogP contribution in [0.25, 0.3) is 10.2 Å². The average molecular weight is 421 g/mol. The van der Waals surface area contributed by atoms with Gasteiger partial charge in [-0.05, 0) is 31.2 Å². The van der Waals surface area contributed by atoms with Crippen molar-refractivity contribution in [1.82, 2.24) is 19.6 Å². The maximum absolute atomic E-state index is 13.2. The van der Waals surface area contributed by atoms with Crippen molar-refractivity contribution in [2.45, 2.75) is 6.92 Å². The van der Waals surface area contributed by atoms with Crippen LogP contribution in [0.1, 0.15) is 25.7 Å². The van der Waals surface area contributed by atoms with Gasteiger partial charge < -0.3 is 9.80 Å². The summed E-state index contributed by atoms with van der Waals surface area (Å²) in [5, 5.41) is 5.45. The van der Waals surface area contributed by atoms with E-state index >= 15 is 0 Å². The number of amides is 2. The first-order valence-corrected chi connectivity index (χ1v) is 10.0. The van der Waals surface area contributed by atoms with E-state index in [9.17, 15) is 14.0 Å². The van der Waals surface area contributed by atoms with Crippen LogP contribution in [0.15, 0.2) is 24.3 Å². The molecule has 0 saturated carbocycles. The Bertz CT molecular complexity index is 1050. The Kier molecular flexibility index (Phi) is 4.84. The fourth-order valence-electron chi connectivity index (χ4n) is 3.41. The topological polar surface area (TPSA) is 58.4 Å². The molecule has 6 nitrogen and oxygen atoms in total. The third kappa shape index (κ3) is 3.27. The smallest absolute Gasteiger partial charge is 0.264 e. The Labute approximate surface area is 170 Å². The predicted octanol–water partition coefficient (Wildman–Crippen LogP) is 3.33. The quantitative estimate of drug-likeness (QED) is 0.639. The van der Waals surface area contributed by atoms with Crippen molar-refractivity contribution in [2.24, 2.45) is 7.05 Å². The van der Waals surface area contributed by atoms with Crippen LogP contribution >= 0.6 is 22.9 Å². The van der Waals surface area contributed by atoms with Gasteiger partial charge in [0.1, 0.15) is 10.6 Å². The highest BCUT2D eigenvalue weighted by Crippen LogP contribution is 2.29. The van der Waals surface area contributed by atoms with Crippen molar-refractivity contribution in [1.29, 1.82) is 0 Å². The molecular formula is C19H18ClFN4O2S. The molecule has 0 N–H and O–H groups in total. The fourth-order valence-corrected chi connectivity index (χ4v) is 4.75. The van der Waals surface area contributed by atoms with E-state index in [1.807, 2.05) is 20.0 Å². The molecule has 1 fully saturated rings. The second-order valence-corrected chi connectivity index (χ2v) is 8.18. The molecule has 2 amide bonds. The Morgan fingerprint density at radius 1 is 1.11 bits per heavy atom. The van der Waals surface area contributed by atoms with Gasteiger partial charge in [0.2, 0.25) is 0 Å². The lowest BCUT2D eigenvalue weighted by atomic mass is 10.1. The molecule has 3 aromatic rings. The number of rotatable bonds is 2. The van der Waals surface area contributed by atoms with Gasteiger partial charge in [0.05, 0.1) is 21.2 Å². The zero-order valence-corrected chi connectivity index (χ0v) is 17.0. The maximum Gasteiger partial charge on any atom is 0.264 e. The number of benzene rings is 1. The molecule has 1 aliphatic rings. The van der Waals surface area contributed by atoms with Gasteiger partial charge in [-0.1, -0.05) is 11.6 Å². The van der Waals surface area contributed by atoms with Crippen molar-refractivity contribution in [3.05, 3.63) is 51.2 Å². The molecule has 3 heterocycles. The number of carbonyl (C=O) groups is 2. The van der Waals surface area contributed by atoms with Crippen LogP contribution in [0.5, 0.6) is 0 Å². The number of halogens is 2. The van der Waals surface area contributed by atoms with E-state index in [-0.39, 0.29) is 22.4 Å². The molecule has 2 aromatic heterocycles. The van der Waals surface area contributed by atoms with Crippen molar-refractivity contribution in [3.8, 4) is 0 Å². The first kappa shape index (κ1) is 18.9. The average Bonchev–Trinajstić information content (AvgIpc) is 3.22. The first-order chi connectivity index (χ1) is 13.3. The molecule has 0 unspecified atom stereocenters. The monoisotopic (exact) mass is 420 g/mol. The molecule has 0 spiro atoms. The summed E-state index contributed by atoms with van der Waals surface area (Å²) in [6.07, 6.45) is 0. The second-order valence-electron chi connectivity index (χ2n) is 6.75. The maximum atomic E-state index is 13.2. The number of aryl methyl sites for hydroxylation is 2. The molecule has 0 atom stereocenters. The van der Waals surface area contributed by atoms with E-state index in [1.165, 1.54) is 23.5 Å². The standard InChI is InChI=1S/C19H18ClFN4O2S/c1-11-14-10-16(28-19(14)23(2)22-11)18(27)25-7-5-24(6-8-25)17(26)13-4-3-12(21)9-15(13)20/h3-4,9-10H,5-8H2,1-2H3. The summed E-state index contributed by atoms with van der Waals surface area (Å²) in [7, 11) is 1.87. The SMILES string of the molecule is Cc1nn(C)c2sc(C(=O)N3CCN(C(=O)c4ccc(F)cc4Cl)CC3)cc12. The molecule has 9 heteroatoms. The van der Waals surface area contributed by atoms with Crippen LogP contribution in [0, 0.1) is 12.7 Å². The number of hydrogen-bond acceptors (Lipinski definition) is 4. The number of fused-ring (bicyclic) bond motifs is 1. The summed E-state index contributed by atoms with van der Waals surface area (Å²) in [5.74, 6) is -0.765. The van der Waals surface area contributed by atoms with E-state index in [0.717, 1.165) is 22.0 Å². The predicted molar refractivity (Wildman–Crippen MR) is 107 cm³/mol. The number of aromatic nitrogens is 2. The number of hydrogen-bond donors (Lipinski definition) is 0. The van der Waals surface area contributed by atoms with Gasteiger partial charge in [0.15, 0.2) is 0 Å². The molecule has 0 bridgehead atoms. The number of nitrogens with zero attached hydrogens (tertiary/aromatic N) is 4. The molecule has 0 aliphatic carbocycles. The van der Waals surface area contributed by atoms with Gasteiger partial charge in [0, 0.05) is 38.6 Å². The van der Waals surface area contributed by atoms with Crippen LogP contribution < -0.4 is 0 Å². The van der Waals surface area contributed by atoms with Gasteiger partial charge in [-0.15, -0.1) is 11.3 Å². The van der Waals surface area contributed by atoms with Crippen molar-refractivity contribution in [2.75, 3.05) is 26.2 Å². The van der Waals surface area contributed by atoms with Crippen LogP contribution in [0.3, 0.4) is 0 Å². The molecular weight excluding hydrogens is 403 g/mol. The number of piperazine rings is 1. The summed E-state index contributed by atoms with van der Waals surface area (Å²) in [5.41, 5.74) is 1.18. The molecule has 28 heavy (non-hydrogen) atoms. The zero-order chi connectivity index (χ0) is 20.0. The Hall–Kier alpha value is -2.45. The van der Waals surface area contributed by atoms with Crippen LogP contribution in [0.4, 0.5) is 4.39 Å². The second kappa shape index (κ2) is 7.18. The highest BCUT2D eigenvalue weighted by Gasteiger charge is 2.28. The fraction of sp³-hybridized carbons (Fsp3) is 0.316. The first-order valence-electron chi connectivity index (χ1n) is 8.82. The van der Waals surface area contributed by atoms with Gasteiger partial charge >= 0.3 is 0 Å². The van der Waals surface area contributed by atoms with Gasteiger partial charge in [-0.2, -0.15) is 5.10 Å². The van der Waals surface area contributed by atoms with E-state index in [0.29, 0.717) is 31.1 Å². The Balaban J connectivity index is 1.45. The minimum atomic E-state index is -0.481. The molecule has 0 radical (unpaired) electrons. The third-order valence-electron chi connectivity index (χ3n) is 4.92. The Morgan fingerprint density at radius 3 is 2.36 bits per heavy atom. The van der Waals surface area contributed by atoms with E-state index < -0.39 is 5.82 Å². The van der Waals surface area contributed by atoms with Crippen molar-refractivity contribution >= 4 is 45.0 Å². The summed E-state index contributed by atoms with van der Waals surface area (Å²) in [6, 6.07) is 5.63. The Morgan fingerprint density at radius 2 is 1.75 bits per heavy atom. The largest absolute Gasteiger partial charge is 0.335 e. The van der Waals surface area contributed by atoms with E-state index in [2.05, 4.69) is 5.10 Å². The summed E-state index contributed by atoms with van der Waals surface area (Å²) in [4.78, 5) is 30.6. The molecule has 4 rings (SSSR count). The minimum Gasteiger partial charge on any atom is -0.335 e. The molecule has 1 aliphatic heterocycles. The highest BCUT2D eigenvalue weighted by molar-refractivity contribution is 7.20. The van der Waals surface area contributed by atoms with Gasteiger partial charge in [-0.25, -0.2) is 4.39 Å². The lowest BCUT2D eigenvalue weighted by Gasteiger charge is -2.34. The van der Waals surface area contributed by atoms with Crippen molar-refractivity contribution < 1.29 is 14.0 Å². The zero-order valence-electron chi connectivity index (χ0n) is 15.4. The number of carbonyl (C=O) groups excluding carboxylic acids is 2. The lowest BCUT2D eigenvalue weighted by molar-refractivity contribution is 0.0538. The molecule has 146 valence electrons. The van der Waals surface area contributed by atoms with E-state index in [4.69, 9.17) is 11.6 Å². The lowest BCUT2D eigenvalue weighted by Crippen LogP contribution is -2.50. The molecule has 1 aromatic carbocycles. The minimum absolute atomic E-state index is 0.0347. The highest BCUT2D eigenvalue weighted by atomic mass is 35.5. The van der Waals surface area contributed by atoms with Crippen LogP contribution in [-0.4, -0.2) is 57.6 Å². The third-order valence-corrected chi connectivity index (χ3v) is 6.43. The molecule has 1 saturated heterocycles. The summed E-state index contributed by atoms with van der Waals surface area (Å²) >= 11 is 7.43. The summed E-state index contributed by atoms with van der Waals surface area (Å²) in [6.45, 7) is 3.62. The van der Waals surface area contributed by atoms with Crippen LogP contribution in [-0.2, 0) is 7.05 Å². The number of thiophene rings is 1. The van der Waals surface area contributed by atoms with Gasteiger partial charge in [-0.3, -0.25) is 14.3 Å². The van der Waals surface area contributed by atoms with Crippen molar-refractivity contribution in [3.63, 3.8) is 0 Å². The van der Waals surface area contributed by atoms with E-state index in [1.54, 1.807) is 14.5 Å². The summed E-state index contributed by atoms with van der Waals surface area (Å²) < 4.78 is 15.0. The normalized spacial score (nSPS) is 14.7. The van der Waals surface area contributed by atoms with Gasteiger partial charge in [0.25, 0.3) is 11.8 Å².